The molecule has 6 nitrogen and oxygen atoms in total. The van der Waals surface area contributed by atoms with Crippen LogP contribution in [0.15, 0.2) is 0 Å². The molecule has 0 bridgehead atoms. The maximum atomic E-state index is 12.9. The number of piperidine rings is 2. The molecule has 2 aliphatic heterocycles. The Kier molecular flexibility index (Phi) is 8.84. The molecule has 0 spiro atoms. The minimum atomic E-state index is -0.0688. The van der Waals surface area contributed by atoms with Gasteiger partial charge in [-0.2, -0.15) is 0 Å². The fraction of sp³-hybridized carbons (Fsp3) is 0.882. The van der Waals surface area contributed by atoms with Gasteiger partial charge in [-0.25, -0.2) is 4.79 Å². The third-order valence-corrected chi connectivity index (χ3v) is 4.90. The average molecular weight is 361 g/mol. The van der Waals surface area contributed by atoms with E-state index in [0.717, 1.165) is 45.2 Å². The van der Waals surface area contributed by atoms with Crippen LogP contribution in [0.4, 0.5) is 4.79 Å². The lowest BCUT2D eigenvalue weighted by Crippen LogP contribution is -2.54. The number of carbonyl (C=O) groups is 2. The van der Waals surface area contributed by atoms with Crippen LogP contribution in [0.5, 0.6) is 0 Å². The molecule has 2 aliphatic rings. The highest BCUT2D eigenvalue weighted by Crippen LogP contribution is 2.24. The van der Waals surface area contributed by atoms with Crippen molar-refractivity contribution in [3.8, 4) is 0 Å². The van der Waals surface area contributed by atoms with Gasteiger partial charge in [0.25, 0.3) is 0 Å². The fourth-order valence-electron chi connectivity index (χ4n) is 3.54. The lowest BCUT2D eigenvalue weighted by atomic mass is 9.93. The molecule has 2 unspecified atom stereocenters. The van der Waals surface area contributed by atoms with E-state index >= 15 is 0 Å². The second-order valence-electron chi connectivity index (χ2n) is 7.28. The molecule has 2 fully saturated rings. The molecular weight excluding hydrogens is 328 g/mol. The van der Waals surface area contributed by atoms with Crippen LogP contribution in [0.1, 0.15) is 46.0 Å². The molecule has 7 heteroatoms. The minimum Gasteiger partial charge on any atom is -0.338 e. The van der Waals surface area contributed by atoms with E-state index in [1.54, 1.807) is 4.90 Å². The number of urea groups is 1. The Morgan fingerprint density at radius 3 is 2.58 bits per heavy atom. The molecular formula is C17H33ClN4O2. The van der Waals surface area contributed by atoms with Crippen LogP contribution >= 0.6 is 12.4 Å². The number of nitrogens with two attached hydrogens (primary N) is 1. The summed E-state index contributed by atoms with van der Waals surface area (Å²) >= 11 is 0. The summed E-state index contributed by atoms with van der Waals surface area (Å²) in [6, 6.07) is 0.145. The van der Waals surface area contributed by atoms with Gasteiger partial charge in [0.1, 0.15) is 0 Å². The maximum absolute atomic E-state index is 12.9. The van der Waals surface area contributed by atoms with Gasteiger partial charge in [-0.15, -0.1) is 12.4 Å². The van der Waals surface area contributed by atoms with Gasteiger partial charge >= 0.3 is 6.03 Å². The molecule has 0 aromatic rings. The van der Waals surface area contributed by atoms with Crippen molar-refractivity contribution in [3.63, 3.8) is 0 Å². The number of carbonyl (C=O) groups excluding carboxylic acids is 2. The summed E-state index contributed by atoms with van der Waals surface area (Å²) in [5, 5.41) is 2.95. The van der Waals surface area contributed by atoms with Crippen LogP contribution in [0.25, 0.3) is 0 Å². The lowest BCUT2D eigenvalue weighted by molar-refractivity contribution is -0.140. The Balaban J connectivity index is 0.00000288. The quantitative estimate of drug-likeness (QED) is 0.802. The first kappa shape index (κ1) is 21.0. The number of hydrogen-bond acceptors (Lipinski definition) is 3. The SMILES string of the molecule is CC(C)CNC(=O)N1CCCC(C(=O)N2CCCCC2CN)C1.Cl. The molecule has 0 aromatic heterocycles. The van der Waals surface area contributed by atoms with Crippen LogP contribution < -0.4 is 11.1 Å². The third-order valence-electron chi connectivity index (χ3n) is 4.90. The van der Waals surface area contributed by atoms with E-state index in [1.807, 2.05) is 4.90 Å². The molecule has 140 valence electrons. The van der Waals surface area contributed by atoms with Gasteiger partial charge in [0.05, 0.1) is 5.92 Å². The maximum Gasteiger partial charge on any atom is 0.317 e. The number of rotatable bonds is 4. The van der Waals surface area contributed by atoms with Crippen molar-refractivity contribution in [2.24, 2.45) is 17.6 Å². The molecule has 2 rings (SSSR count). The molecule has 3 amide bonds. The number of nitrogens with one attached hydrogen (secondary N) is 1. The second-order valence-corrected chi connectivity index (χ2v) is 7.28. The monoisotopic (exact) mass is 360 g/mol. The zero-order valence-electron chi connectivity index (χ0n) is 15.0. The highest BCUT2D eigenvalue weighted by atomic mass is 35.5. The number of likely N-dealkylation sites (tertiary alicyclic amines) is 2. The standard InChI is InChI=1S/C17H32N4O2.ClH/c1-13(2)11-19-17(23)20-8-5-6-14(12-20)16(22)21-9-4-3-7-15(21)10-18;/h13-15H,3-12,18H2,1-2H3,(H,19,23);1H. The van der Waals surface area contributed by atoms with Gasteiger partial charge in [-0.1, -0.05) is 13.8 Å². The Morgan fingerprint density at radius 2 is 1.92 bits per heavy atom. The zero-order chi connectivity index (χ0) is 16.8. The Morgan fingerprint density at radius 1 is 1.17 bits per heavy atom. The minimum absolute atomic E-state index is 0. The van der Waals surface area contributed by atoms with E-state index in [2.05, 4.69) is 19.2 Å². The molecule has 2 atom stereocenters. The zero-order valence-corrected chi connectivity index (χ0v) is 15.8. The van der Waals surface area contributed by atoms with Crippen LogP contribution in [0, 0.1) is 11.8 Å². The molecule has 24 heavy (non-hydrogen) atoms. The van der Waals surface area contributed by atoms with Gasteiger partial charge < -0.3 is 20.9 Å². The summed E-state index contributed by atoms with van der Waals surface area (Å²) in [6.07, 6.45) is 4.99. The first-order valence-corrected chi connectivity index (χ1v) is 9.06. The number of hydrogen-bond donors (Lipinski definition) is 2. The molecule has 2 heterocycles. The summed E-state index contributed by atoms with van der Waals surface area (Å²) in [5.74, 6) is 0.557. The lowest BCUT2D eigenvalue weighted by Gasteiger charge is -2.40. The predicted molar refractivity (Wildman–Crippen MR) is 98.2 cm³/mol. The Bertz CT molecular complexity index is 419. The van der Waals surface area contributed by atoms with Gasteiger partial charge in [-0.3, -0.25) is 4.79 Å². The third kappa shape index (κ3) is 5.52. The number of amides is 3. The summed E-state index contributed by atoms with van der Waals surface area (Å²) in [4.78, 5) is 28.9. The van der Waals surface area contributed by atoms with E-state index in [0.29, 0.717) is 25.6 Å². The molecule has 0 saturated carbocycles. The second kappa shape index (κ2) is 10.1. The van der Waals surface area contributed by atoms with Crippen molar-refractivity contribution in [2.45, 2.75) is 52.0 Å². The van der Waals surface area contributed by atoms with Crippen molar-refractivity contribution in [2.75, 3.05) is 32.7 Å². The van der Waals surface area contributed by atoms with E-state index in [4.69, 9.17) is 5.73 Å². The molecule has 3 N–H and O–H groups in total. The highest BCUT2D eigenvalue weighted by Gasteiger charge is 2.34. The molecule has 0 aliphatic carbocycles. The van der Waals surface area contributed by atoms with Crippen molar-refractivity contribution < 1.29 is 9.59 Å². The first-order chi connectivity index (χ1) is 11.0. The summed E-state index contributed by atoms with van der Waals surface area (Å²) < 4.78 is 0. The normalized spacial score (nSPS) is 24.5. The van der Waals surface area contributed by atoms with E-state index in [-0.39, 0.29) is 36.3 Å². The van der Waals surface area contributed by atoms with Crippen LogP contribution in [0.2, 0.25) is 0 Å². The largest absolute Gasteiger partial charge is 0.338 e. The van der Waals surface area contributed by atoms with E-state index < -0.39 is 0 Å². The van der Waals surface area contributed by atoms with Gasteiger partial charge in [0, 0.05) is 38.8 Å². The number of halogens is 1. The van der Waals surface area contributed by atoms with Crippen molar-refractivity contribution in [1.82, 2.24) is 15.1 Å². The highest BCUT2D eigenvalue weighted by molar-refractivity contribution is 5.85. The van der Waals surface area contributed by atoms with Gasteiger partial charge in [-0.05, 0) is 38.0 Å². The summed E-state index contributed by atoms with van der Waals surface area (Å²) in [6.45, 7) is 7.46. The fourth-order valence-corrected chi connectivity index (χ4v) is 3.54. The average Bonchev–Trinajstić information content (AvgIpc) is 2.59. The van der Waals surface area contributed by atoms with Gasteiger partial charge in [0.15, 0.2) is 0 Å². The number of nitrogens with zero attached hydrogens (tertiary/aromatic N) is 2. The van der Waals surface area contributed by atoms with Crippen molar-refractivity contribution >= 4 is 24.3 Å². The van der Waals surface area contributed by atoms with E-state index in [9.17, 15) is 9.59 Å². The van der Waals surface area contributed by atoms with E-state index in [1.165, 1.54) is 0 Å². The molecule has 0 aromatic carbocycles. The van der Waals surface area contributed by atoms with Crippen LogP contribution in [-0.2, 0) is 4.79 Å². The topological polar surface area (TPSA) is 78.7 Å². The molecule has 2 saturated heterocycles. The Labute approximate surface area is 151 Å². The predicted octanol–water partition coefficient (Wildman–Crippen LogP) is 1.83. The van der Waals surface area contributed by atoms with Crippen molar-refractivity contribution in [3.05, 3.63) is 0 Å². The first-order valence-electron chi connectivity index (χ1n) is 9.06. The summed E-state index contributed by atoms with van der Waals surface area (Å²) in [5.41, 5.74) is 5.84. The van der Waals surface area contributed by atoms with Crippen LogP contribution in [0.3, 0.4) is 0 Å². The summed E-state index contributed by atoms with van der Waals surface area (Å²) in [7, 11) is 0. The van der Waals surface area contributed by atoms with Gasteiger partial charge in [0.2, 0.25) is 5.91 Å². The Hall–Kier alpha value is -1.01. The smallest absolute Gasteiger partial charge is 0.317 e. The van der Waals surface area contributed by atoms with Crippen LogP contribution in [-0.4, -0.2) is 60.5 Å². The molecule has 0 radical (unpaired) electrons. The van der Waals surface area contributed by atoms with Crippen molar-refractivity contribution in [1.29, 1.82) is 0 Å².